The molecule has 1 heterocycles. The van der Waals surface area contributed by atoms with Gasteiger partial charge in [0.05, 0.1) is 4.92 Å². The number of benzene rings is 2. The highest BCUT2D eigenvalue weighted by atomic mass is 16.6. The van der Waals surface area contributed by atoms with Crippen molar-refractivity contribution >= 4 is 17.3 Å². The number of piperazine rings is 1. The molecule has 3 rings (SSSR count). The van der Waals surface area contributed by atoms with Gasteiger partial charge in [-0.2, -0.15) is 0 Å². The predicted molar refractivity (Wildman–Crippen MR) is 119 cm³/mol. The minimum absolute atomic E-state index is 0.0209. The van der Waals surface area contributed by atoms with Crippen LogP contribution in [-0.4, -0.2) is 55.0 Å². The van der Waals surface area contributed by atoms with E-state index in [1.807, 2.05) is 0 Å². The molecule has 1 aliphatic rings. The molecule has 1 amide bonds. The molecule has 1 fully saturated rings. The number of unbranched alkanes of at least 4 members (excludes halogenated alkanes) is 1. The molecule has 7 heteroatoms. The van der Waals surface area contributed by atoms with Crippen molar-refractivity contribution in [2.75, 3.05) is 44.2 Å². The number of rotatable bonds is 8. The van der Waals surface area contributed by atoms with E-state index in [-0.39, 0.29) is 11.6 Å². The molecule has 0 radical (unpaired) electrons. The van der Waals surface area contributed by atoms with Crippen LogP contribution in [0.15, 0.2) is 42.5 Å². The van der Waals surface area contributed by atoms with Crippen LogP contribution in [0.25, 0.3) is 0 Å². The molecule has 0 aromatic heterocycles. The van der Waals surface area contributed by atoms with Gasteiger partial charge in [-0.1, -0.05) is 18.2 Å². The van der Waals surface area contributed by atoms with E-state index >= 15 is 0 Å². The molecular formula is C23H30N4O3. The van der Waals surface area contributed by atoms with Crippen LogP contribution in [0.5, 0.6) is 0 Å². The quantitative estimate of drug-likeness (QED) is 0.409. The molecule has 0 atom stereocenters. The third-order valence-electron chi connectivity index (χ3n) is 5.67. The Morgan fingerprint density at radius 1 is 1.07 bits per heavy atom. The molecule has 0 aliphatic carbocycles. The fraction of sp³-hybridized carbons (Fsp3) is 0.435. The maximum atomic E-state index is 12.4. The SMILES string of the molecule is Cc1cccc(N2CCN(CCCCNC(=O)c3cccc([N+](=O)[O-])c3C)CC2)c1. The Balaban J connectivity index is 1.36. The molecule has 2 aromatic rings. The topological polar surface area (TPSA) is 78.7 Å². The zero-order valence-corrected chi connectivity index (χ0v) is 17.8. The smallest absolute Gasteiger partial charge is 0.273 e. The number of nitrogens with one attached hydrogen (secondary N) is 1. The van der Waals surface area contributed by atoms with Gasteiger partial charge < -0.3 is 10.2 Å². The summed E-state index contributed by atoms with van der Waals surface area (Å²) in [5.74, 6) is -0.247. The van der Waals surface area contributed by atoms with Crippen molar-refractivity contribution in [2.24, 2.45) is 0 Å². The summed E-state index contributed by atoms with van der Waals surface area (Å²) >= 11 is 0. The number of amides is 1. The monoisotopic (exact) mass is 410 g/mol. The summed E-state index contributed by atoms with van der Waals surface area (Å²) in [6.45, 7) is 9.50. The minimum Gasteiger partial charge on any atom is -0.369 e. The second kappa shape index (κ2) is 10.2. The summed E-state index contributed by atoms with van der Waals surface area (Å²) in [6, 6.07) is 13.3. The molecule has 0 bridgehead atoms. The first-order valence-corrected chi connectivity index (χ1v) is 10.5. The van der Waals surface area contributed by atoms with Gasteiger partial charge >= 0.3 is 0 Å². The molecule has 30 heavy (non-hydrogen) atoms. The number of hydrogen-bond donors (Lipinski definition) is 1. The fourth-order valence-corrected chi connectivity index (χ4v) is 3.88. The van der Waals surface area contributed by atoms with E-state index in [1.54, 1.807) is 19.1 Å². The van der Waals surface area contributed by atoms with Gasteiger partial charge in [-0.15, -0.1) is 0 Å². The van der Waals surface area contributed by atoms with Gasteiger partial charge in [0.25, 0.3) is 11.6 Å². The number of carbonyl (C=O) groups is 1. The molecule has 0 saturated carbocycles. The summed E-state index contributed by atoms with van der Waals surface area (Å²) in [6.07, 6.45) is 1.90. The first-order chi connectivity index (χ1) is 14.5. The molecule has 160 valence electrons. The number of aryl methyl sites for hydroxylation is 1. The number of nitrogens with zero attached hydrogens (tertiary/aromatic N) is 3. The van der Waals surface area contributed by atoms with Gasteiger partial charge in [0.2, 0.25) is 0 Å². The normalized spacial score (nSPS) is 14.5. The van der Waals surface area contributed by atoms with Gasteiger partial charge in [-0.05, 0) is 57.0 Å². The van der Waals surface area contributed by atoms with E-state index in [9.17, 15) is 14.9 Å². The van der Waals surface area contributed by atoms with E-state index in [0.717, 1.165) is 45.6 Å². The summed E-state index contributed by atoms with van der Waals surface area (Å²) in [7, 11) is 0. The number of nitro benzene ring substituents is 1. The lowest BCUT2D eigenvalue weighted by molar-refractivity contribution is -0.385. The molecule has 0 unspecified atom stereocenters. The zero-order valence-electron chi connectivity index (χ0n) is 17.8. The van der Waals surface area contributed by atoms with E-state index < -0.39 is 4.92 Å². The Labute approximate surface area is 177 Å². The summed E-state index contributed by atoms with van der Waals surface area (Å²) < 4.78 is 0. The van der Waals surface area contributed by atoms with Crippen LogP contribution in [0, 0.1) is 24.0 Å². The Morgan fingerprint density at radius 3 is 2.50 bits per heavy atom. The Bertz CT molecular complexity index is 892. The highest BCUT2D eigenvalue weighted by Gasteiger charge is 2.18. The van der Waals surface area contributed by atoms with Gasteiger partial charge in [0.15, 0.2) is 0 Å². The third-order valence-corrected chi connectivity index (χ3v) is 5.67. The lowest BCUT2D eigenvalue weighted by Gasteiger charge is -2.36. The van der Waals surface area contributed by atoms with Gasteiger partial charge in [-0.3, -0.25) is 19.8 Å². The van der Waals surface area contributed by atoms with Crippen molar-refractivity contribution in [3.05, 3.63) is 69.3 Å². The molecule has 2 aromatic carbocycles. The second-order valence-electron chi connectivity index (χ2n) is 7.84. The van der Waals surface area contributed by atoms with Gasteiger partial charge in [-0.25, -0.2) is 0 Å². The first-order valence-electron chi connectivity index (χ1n) is 10.5. The van der Waals surface area contributed by atoms with E-state index in [1.165, 1.54) is 17.3 Å². The van der Waals surface area contributed by atoms with Crippen molar-refractivity contribution in [1.82, 2.24) is 10.2 Å². The van der Waals surface area contributed by atoms with Crippen LogP contribution < -0.4 is 10.2 Å². The van der Waals surface area contributed by atoms with Crippen molar-refractivity contribution < 1.29 is 9.72 Å². The van der Waals surface area contributed by atoms with Crippen LogP contribution in [-0.2, 0) is 0 Å². The number of hydrogen-bond acceptors (Lipinski definition) is 5. The zero-order chi connectivity index (χ0) is 21.5. The first kappa shape index (κ1) is 21.8. The van der Waals surface area contributed by atoms with Crippen LogP contribution in [0.2, 0.25) is 0 Å². The van der Waals surface area contributed by atoms with E-state index in [0.29, 0.717) is 17.7 Å². The van der Waals surface area contributed by atoms with Crippen LogP contribution in [0.1, 0.15) is 34.3 Å². The number of nitro groups is 1. The number of anilines is 1. The summed E-state index contributed by atoms with van der Waals surface area (Å²) in [5.41, 5.74) is 3.35. The molecule has 1 aliphatic heterocycles. The van der Waals surface area contributed by atoms with Crippen molar-refractivity contribution in [3.8, 4) is 0 Å². The van der Waals surface area contributed by atoms with Crippen LogP contribution >= 0.6 is 0 Å². The standard InChI is InChI=1S/C23H30N4O3/c1-18-7-5-8-20(17-18)26-15-13-25(14-16-26)12-4-3-11-24-23(28)21-9-6-10-22(19(21)2)27(29)30/h5-10,17H,3-4,11-16H2,1-2H3,(H,24,28). The van der Waals surface area contributed by atoms with Crippen LogP contribution in [0.3, 0.4) is 0 Å². The largest absolute Gasteiger partial charge is 0.369 e. The maximum Gasteiger partial charge on any atom is 0.273 e. The lowest BCUT2D eigenvalue weighted by atomic mass is 10.1. The third kappa shape index (κ3) is 5.57. The average molecular weight is 411 g/mol. The summed E-state index contributed by atoms with van der Waals surface area (Å²) in [4.78, 5) is 27.8. The number of carbonyl (C=O) groups excluding carboxylic acids is 1. The second-order valence-corrected chi connectivity index (χ2v) is 7.84. The maximum absolute atomic E-state index is 12.4. The van der Waals surface area contributed by atoms with E-state index in [2.05, 4.69) is 46.3 Å². The molecule has 0 spiro atoms. The highest BCUT2D eigenvalue weighted by Crippen LogP contribution is 2.21. The summed E-state index contributed by atoms with van der Waals surface area (Å²) in [5, 5.41) is 13.9. The Morgan fingerprint density at radius 2 is 1.80 bits per heavy atom. The van der Waals surface area contributed by atoms with Crippen molar-refractivity contribution in [1.29, 1.82) is 0 Å². The van der Waals surface area contributed by atoms with Gasteiger partial charge in [0, 0.05) is 55.6 Å². The van der Waals surface area contributed by atoms with Crippen molar-refractivity contribution in [2.45, 2.75) is 26.7 Å². The Hall–Kier alpha value is -2.93. The lowest BCUT2D eigenvalue weighted by Crippen LogP contribution is -2.46. The van der Waals surface area contributed by atoms with E-state index in [4.69, 9.17) is 0 Å². The predicted octanol–water partition coefficient (Wildman–Crippen LogP) is 3.54. The molecule has 1 saturated heterocycles. The molecular weight excluding hydrogens is 380 g/mol. The van der Waals surface area contributed by atoms with Gasteiger partial charge in [0.1, 0.15) is 0 Å². The average Bonchev–Trinajstić information content (AvgIpc) is 2.73. The molecule has 7 nitrogen and oxygen atoms in total. The Kier molecular flexibility index (Phi) is 7.41. The fourth-order valence-electron chi connectivity index (χ4n) is 3.88. The highest BCUT2D eigenvalue weighted by molar-refractivity contribution is 5.96. The van der Waals surface area contributed by atoms with Crippen LogP contribution in [0.4, 0.5) is 11.4 Å². The van der Waals surface area contributed by atoms with Crippen molar-refractivity contribution in [3.63, 3.8) is 0 Å². The minimum atomic E-state index is -0.454. The molecule has 1 N–H and O–H groups in total.